The van der Waals surface area contributed by atoms with Crippen molar-refractivity contribution in [2.75, 3.05) is 13.1 Å². The number of amides is 1. The van der Waals surface area contributed by atoms with Crippen LogP contribution in [0.3, 0.4) is 0 Å². The Morgan fingerprint density at radius 2 is 2.21 bits per heavy atom. The normalized spacial score (nSPS) is 18.2. The smallest absolute Gasteiger partial charge is 0.326 e. The molecule has 0 bridgehead atoms. The van der Waals surface area contributed by atoms with Gasteiger partial charge in [-0.25, -0.2) is 9.78 Å². The van der Waals surface area contributed by atoms with E-state index in [9.17, 15) is 9.59 Å². The fourth-order valence-electron chi connectivity index (χ4n) is 3.34. The van der Waals surface area contributed by atoms with Gasteiger partial charge in [-0.15, -0.1) is 0 Å². The first kappa shape index (κ1) is 14.7. The number of H-pyrrole nitrogens is 2. The lowest BCUT2D eigenvalue weighted by atomic mass is 9.97. The summed E-state index contributed by atoms with van der Waals surface area (Å²) in [6, 6.07) is 7.39. The second kappa shape index (κ2) is 5.95. The van der Waals surface area contributed by atoms with E-state index in [0.29, 0.717) is 13.1 Å². The largest absolute Gasteiger partial charge is 0.340 e. The molecule has 24 heavy (non-hydrogen) atoms. The van der Waals surface area contributed by atoms with Crippen molar-refractivity contribution < 1.29 is 4.79 Å². The monoisotopic (exact) mass is 326 g/mol. The number of piperidine rings is 1. The maximum Gasteiger partial charge on any atom is 0.326 e. The van der Waals surface area contributed by atoms with Gasteiger partial charge >= 0.3 is 5.69 Å². The zero-order valence-corrected chi connectivity index (χ0v) is 13.1. The second-order valence-corrected chi connectivity index (χ2v) is 6.08. The number of hydrogen-bond donors (Lipinski definition) is 2. The number of imidazole rings is 1. The lowest BCUT2D eigenvalue weighted by Crippen LogP contribution is -2.42. The number of fused-ring (bicyclic) bond motifs is 1. The highest BCUT2D eigenvalue weighted by Crippen LogP contribution is 2.24. The number of likely N-dealkylation sites (tertiary alicyclic amines) is 1. The fraction of sp³-hybridized carbons (Fsp3) is 0.375. The van der Waals surface area contributed by atoms with Crippen molar-refractivity contribution in [1.82, 2.24) is 29.6 Å². The Morgan fingerprint density at radius 1 is 1.33 bits per heavy atom. The zero-order chi connectivity index (χ0) is 16.5. The van der Waals surface area contributed by atoms with Crippen molar-refractivity contribution in [2.24, 2.45) is 0 Å². The molecule has 3 aromatic rings. The van der Waals surface area contributed by atoms with Crippen LogP contribution >= 0.6 is 0 Å². The first-order valence-corrected chi connectivity index (χ1v) is 8.03. The van der Waals surface area contributed by atoms with Crippen LogP contribution in [0.25, 0.3) is 11.0 Å². The first-order chi connectivity index (χ1) is 11.7. The second-order valence-electron chi connectivity index (χ2n) is 6.08. The van der Waals surface area contributed by atoms with Gasteiger partial charge in [0, 0.05) is 19.0 Å². The summed E-state index contributed by atoms with van der Waals surface area (Å²) in [6.07, 6.45) is 3.38. The summed E-state index contributed by atoms with van der Waals surface area (Å²) in [6.45, 7) is 1.36. The molecule has 1 unspecified atom stereocenters. The van der Waals surface area contributed by atoms with Gasteiger partial charge in [-0.1, -0.05) is 12.1 Å². The van der Waals surface area contributed by atoms with Gasteiger partial charge < -0.3 is 9.88 Å². The number of aromatic nitrogens is 5. The van der Waals surface area contributed by atoms with Crippen LogP contribution in [-0.4, -0.2) is 48.6 Å². The van der Waals surface area contributed by atoms with Crippen LogP contribution < -0.4 is 5.69 Å². The zero-order valence-electron chi connectivity index (χ0n) is 13.1. The summed E-state index contributed by atoms with van der Waals surface area (Å²) < 4.78 is 1.50. The van der Waals surface area contributed by atoms with Gasteiger partial charge in [-0.05, 0) is 25.0 Å². The van der Waals surface area contributed by atoms with Gasteiger partial charge in [0.1, 0.15) is 18.7 Å². The number of hydrogen-bond acceptors (Lipinski definition) is 4. The molecule has 0 saturated carbocycles. The predicted octanol–water partition coefficient (Wildman–Crippen LogP) is 0.854. The Hall–Kier alpha value is -2.90. The van der Waals surface area contributed by atoms with Crippen molar-refractivity contribution in [3.05, 3.63) is 46.9 Å². The van der Waals surface area contributed by atoms with Gasteiger partial charge in [-0.3, -0.25) is 14.5 Å². The van der Waals surface area contributed by atoms with Crippen LogP contribution in [0.1, 0.15) is 24.6 Å². The van der Waals surface area contributed by atoms with E-state index in [1.807, 2.05) is 29.2 Å². The van der Waals surface area contributed by atoms with Crippen molar-refractivity contribution in [3.63, 3.8) is 0 Å². The summed E-state index contributed by atoms with van der Waals surface area (Å²) in [4.78, 5) is 33.6. The molecule has 1 aliphatic rings. The Bertz CT molecular complexity index is 910. The quantitative estimate of drug-likeness (QED) is 0.745. The van der Waals surface area contributed by atoms with Gasteiger partial charge in [0.2, 0.25) is 5.91 Å². The Morgan fingerprint density at radius 3 is 3.04 bits per heavy atom. The molecule has 0 aliphatic carbocycles. The van der Waals surface area contributed by atoms with Crippen LogP contribution in [0.4, 0.5) is 0 Å². The molecule has 1 atom stereocenters. The first-order valence-electron chi connectivity index (χ1n) is 8.03. The molecule has 1 amide bonds. The summed E-state index contributed by atoms with van der Waals surface area (Å²) in [5, 5.41) is 6.77. The number of nitrogens with one attached hydrogen (secondary N) is 2. The van der Waals surface area contributed by atoms with Gasteiger partial charge in [-0.2, -0.15) is 5.10 Å². The van der Waals surface area contributed by atoms with Gasteiger partial charge in [0.25, 0.3) is 0 Å². The molecule has 1 aliphatic heterocycles. The molecule has 4 rings (SSSR count). The molecule has 3 heterocycles. The van der Waals surface area contributed by atoms with E-state index in [2.05, 4.69) is 20.2 Å². The van der Waals surface area contributed by atoms with E-state index in [-0.39, 0.29) is 24.1 Å². The average molecular weight is 326 g/mol. The molecule has 1 saturated heterocycles. The van der Waals surface area contributed by atoms with Crippen molar-refractivity contribution in [1.29, 1.82) is 0 Å². The lowest BCUT2D eigenvalue weighted by Gasteiger charge is -2.31. The number of benzene rings is 1. The van der Waals surface area contributed by atoms with E-state index >= 15 is 0 Å². The molecule has 2 aromatic heterocycles. The summed E-state index contributed by atoms with van der Waals surface area (Å²) >= 11 is 0. The molecule has 124 valence electrons. The number of nitrogens with zero attached hydrogens (tertiary/aromatic N) is 4. The summed E-state index contributed by atoms with van der Waals surface area (Å²) in [5.74, 6) is 0.938. The van der Waals surface area contributed by atoms with E-state index < -0.39 is 0 Å². The van der Waals surface area contributed by atoms with Crippen molar-refractivity contribution >= 4 is 16.9 Å². The maximum atomic E-state index is 12.7. The molecular weight excluding hydrogens is 308 g/mol. The Kier molecular flexibility index (Phi) is 3.64. The minimum absolute atomic E-state index is 0.0476. The minimum Gasteiger partial charge on any atom is -0.340 e. The van der Waals surface area contributed by atoms with Crippen LogP contribution in [0.15, 0.2) is 35.4 Å². The van der Waals surface area contributed by atoms with E-state index in [1.54, 1.807) is 0 Å². The SMILES string of the molecule is O=C(Cn1c(=O)[nH]c2ccccc21)N1CCCC(c2ncn[nH]2)C1. The molecule has 1 aromatic carbocycles. The highest BCUT2D eigenvalue weighted by atomic mass is 16.2. The van der Waals surface area contributed by atoms with Crippen LogP contribution in [0, 0.1) is 0 Å². The maximum absolute atomic E-state index is 12.7. The molecule has 0 radical (unpaired) electrons. The molecule has 1 fully saturated rings. The third kappa shape index (κ3) is 2.60. The van der Waals surface area contributed by atoms with Gasteiger partial charge in [0.05, 0.1) is 11.0 Å². The van der Waals surface area contributed by atoms with Crippen molar-refractivity contribution in [3.8, 4) is 0 Å². The summed E-state index contributed by atoms with van der Waals surface area (Å²) in [5.41, 5.74) is 1.24. The minimum atomic E-state index is -0.256. The number of aromatic amines is 2. The predicted molar refractivity (Wildman–Crippen MR) is 87.5 cm³/mol. The summed E-state index contributed by atoms with van der Waals surface area (Å²) in [7, 11) is 0. The van der Waals surface area contributed by atoms with Crippen LogP contribution in [-0.2, 0) is 11.3 Å². The standard InChI is InChI=1S/C16H18N6O2/c23-14(9-22-13-6-2-1-5-12(13)19-16(22)24)21-7-3-4-11(8-21)15-17-10-18-20-15/h1-2,5-6,10-11H,3-4,7-9H2,(H,19,24)(H,17,18,20). The highest BCUT2D eigenvalue weighted by molar-refractivity contribution is 5.80. The topological polar surface area (TPSA) is 99.7 Å². The third-order valence-corrected chi connectivity index (χ3v) is 4.57. The third-order valence-electron chi connectivity index (χ3n) is 4.57. The van der Waals surface area contributed by atoms with E-state index in [4.69, 9.17) is 0 Å². The average Bonchev–Trinajstić information content (AvgIpc) is 3.24. The van der Waals surface area contributed by atoms with E-state index in [0.717, 1.165) is 29.7 Å². The lowest BCUT2D eigenvalue weighted by molar-refractivity contribution is -0.133. The molecular formula is C16H18N6O2. The Labute approximate surface area is 137 Å². The molecule has 2 N–H and O–H groups in total. The van der Waals surface area contributed by atoms with Crippen molar-refractivity contribution in [2.45, 2.75) is 25.3 Å². The molecule has 8 heteroatoms. The van der Waals surface area contributed by atoms with Crippen LogP contribution in [0.2, 0.25) is 0 Å². The number of carbonyl (C=O) groups excluding carboxylic acids is 1. The molecule has 8 nitrogen and oxygen atoms in total. The molecule has 0 spiro atoms. The number of para-hydroxylation sites is 2. The number of rotatable bonds is 3. The van der Waals surface area contributed by atoms with Gasteiger partial charge in [0.15, 0.2) is 0 Å². The fourth-order valence-corrected chi connectivity index (χ4v) is 3.34. The number of carbonyl (C=O) groups is 1. The Balaban J connectivity index is 1.53. The van der Waals surface area contributed by atoms with E-state index in [1.165, 1.54) is 10.9 Å². The highest BCUT2D eigenvalue weighted by Gasteiger charge is 2.27. The van der Waals surface area contributed by atoms with Crippen LogP contribution in [0.5, 0.6) is 0 Å².